The van der Waals surface area contributed by atoms with Crippen LogP contribution in [0.1, 0.15) is 6.92 Å². The molecule has 0 fully saturated rings. The zero-order chi connectivity index (χ0) is 8.10. The second kappa shape index (κ2) is 6.13. The summed E-state index contributed by atoms with van der Waals surface area (Å²) in [6, 6.07) is 10.2. The van der Waals surface area contributed by atoms with Crippen LogP contribution in [-0.4, -0.2) is 13.4 Å². The normalized spacial score (nSPS) is 11.5. The van der Waals surface area contributed by atoms with Gasteiger partial charge in [0.1, 0.15) is 0 Å². The van der Waals surface area contributed by atoms with E-state index in [9.17, 15) is 0 Å². The van der Waals surface area contributed by atoms with Crippen LogP contribution in [0, 0.1) is 6.07 Å². The average Bonchev–Trinajstić information content (AvgIpc) is 2.06. The van der Waals surface area contributed by atoms with Gasteiger partial charge in [0.25, 0.3) is 0 Å². The molecule has 0 aliphatic heterocycles. The molecule has 3 heteroatoms. The number of methoxy groups -OCH3 is 1. The van der Waals surface area contributed by atoms with Crippen molar-refractivity contribution in [2.24, 2.45) is 0 Å². The van der Waals surface area contributed by atoms with E-state index in [-0.39, 0.29) is 25.2 Å². The molecule has 0 saturated heterocycles. The third-order valence-electron chi connectivity index (χ3n) is 1.31. The molecule has 0 bridgehead atoms. The molecule has 0 radical (unpaired) electrons. The molecule has 0 amide bonds. The maximum Gasteiger partial charge on any atom is 1.00 e. The topological polar surface area (TPSA) is 18.5 Å². The van der Waals surface area contributed by atoms with Crippen molar-refractivity contribution in [1.29, 1.82) is 0 Å². The van der Waals surface area contributed by atoms with Gasteiger partial charge >= 0.3 is 18.9 Å². The zero-order valence-electron chi connectivity index (χ0n) is 7.70. The van der Waals surface area contributed by atoms with E-state index in [1.165, 1.54) is 0 Å². The fourth-order valence-corrected chi connectivity index (χ4v) is 0.690. The fourth-order valence-electron chi connectivity index (χ4n) is 0.690. The van der Waals surface area contributed by atoms with Gasteiger partial charge in [0.05, 0.1) is 0 Å². The van der Waals surface area contributed by atoms with Crippen molar-refractivity contribution in [1.82, 2.24) is 0 Å². The van der Waals surface area contributed by atoms with Gasteiger partial charge in [-0.3, -0.25) is 0 Å². The molecule has 1 unspecified atom stereocenters. The average molecular weight is 158 g/mol. The first kappa shape index (κ1) is 11.6. The molecular formula is C9H11LiO2. The molecule has 1 aromatic carbocycles. The minimum absolute atomic E-state index is 0. The summed E-state index contributed by atoms with van der Waals surface area (Å²) < 4.78 is 10.2. The Balaban J connectivity index is 0.00000121. The van der Waals surface area contributed by atoms with Gasteiger partial charge in [-0.1, -0.05) is 0 Å². The first-order chi connectivity index (χ1) is 5.33. The summed E-state index contributed by atoms with van der Waals surface area (Å²) in [5.41, 5.74) is 0. The Kier molecular flexibility index (Phi) is 5.92. The van der Waals surface area contributed by atoms with Crippen molar-refractivity contribution >= 4 is 0 Å². The van der Waals surface area contributed by atoms with Crippen molar-refractivity contribution < 1.29 is 28.3 Å². The van der Waals surface area contributed by atoms with Crippen molar-refractivity contribution in [2.45, 2.75) is 13.2 Å². The van der Waals surface area contributed by atoms with Crippen LogP contribution in [0.25, 0.3) is 0 Å². The van der Waals surface area contributed by atoms with E-state index < -0.39 is 0 Å². The van der Waals surface area contributed by atoms with E-state index in [1.807, 2.05) is 25.1 Å². The summed E-state index contributed by atoms with van der Waals surface area (Å²) in [5.74, 6) is 0.779. The van der Waals surface area contributed by atoms with Crippen LogP contribution in [0.15, 0.2) is 24.3 Å². The predicted octanol–water partition coefficient (Wildman–Crippen LogP) is -1.14. The third-order valence-corrected chi connectivity index (χ3v) is 1.31. The smallest absolute Gasteiger partial charge is 0.526 e. The van der Waals surface area contributed by atoms with Gasteiger partial charge in [-0.05, 0) is 6.92 Å². The molecule has 1 rings (SSSR count). The first-order valence-corrected chi connectivity index (χ1v) is 3.48. The Hall–Kier alpha value is -0.423. The number of hydrogen-bond donors (Lipinski definition) is 0. The number of ether oxygens (including phenoxy) is 2. The van der Waals surface area contributed by atoms with Crippen LogP contribution in [0.5, 0.6) is 5.75 Å². The van der Waals surface area contributed by atoms with E-state index in [1.54, 1.807) is 13.2 Å². The van der Waals surface area contributed by atoms with Gasteiger partial charge in [-0.2, -0.15) is 18.2 Å². The standard InChI is InChI=1S/C9H11O2.Li/c1-8(10-2)11-9-6-4-3-5-7-9;/h3-4,6-8H,1-2H3;/q-1;+1. The molecule has 0 aliphatic carbocycles. The van der Waals surface area contributed by atoms with E-state index in [4.69, 9.17) is 9.47 Å². The van der Waals surface area contributed by atoms with Crippen molar-refractivity contribution in [3.05, 3.63) is 30.3 Å². The Labute approximate surface area is 85.1 Å². The minimum atomic E-state index is -0.203. The molecule has 0 N–H and O–H groups in total. The molecular weight excluding hydrogens is 147 g/mol. The summed E-state index contributed by atoms with van der Waals surface area (Å²) in [6.45, 7) is 1.84. The SMILES string of the molecule is COC(C)Oc1c[c-]ccc1.[Li+]. The summed E-state index contributed by atoms with van der Waals surface area (Å²) in [4.78, 5) is 0. The van der Waals surface area contributed by atoms with Crippen molar-refractivity contribution in [3.63, 3.8) is 0 Å². The molecule has 2 nitrogen and oxygen atoms in total. The molecule has 12 heavy (non-hydrogen) atoms. The summed E-state index contributed by atoms with van der Waals surface area (Å²) in [6.07, 6.45) is -0.203. The summed E-state index contributed by atoms with van der Waals surface area (Å²) in [5, 5.41) is 0. The zero-order valence-corrected chi connectivity index (χ0v) is 7.70. The van der Waals surface area contributed by atoms with Crippen LogP contribution in [-0.2, 0) is 4.74 Å². The summed E-state index contributed by atoms with van der Waals surface area (Å²) in [7, 11) is 1.61. The fraction of sp³-hybridized carbons (Fsp3) is 0.333. The molecule has 1 aromatic rings. The Bertz CT molecular complexity index is 201. The monoisotopic (exact) mass is 158 g/mol. The predicted molar refractivity (Wildman–Crippen MR) is 42.4 cm³/mol. The van der Waals surface area contributed by atoms with Gasteiger partial charge in [0.2, 0.25) is 0 Å². The summed E-state index contributed by atoms with van der Waals surface area (Å²) >= 11 is 0. The van der Waals surface area contributed by atoms with Gasteiger partial charge in [0, 0.05) is 12.9 Å². The van der Waals surface area contributed by atoms with Gasteiger partial charge < -0.3 is 9.47 Å². The first-order valence-electron chi connectivity index (χ1n) is 3.48. The maximum absolute atomic E-state index is 5.31. The Morgan fingerprint density at radius 2 is 2.25 bits per heavy atom. The number of hydrogen-bond acceptors (Lipinski definition) is 2. The Morgan fingerprint density at radius 3 is 2.75 bits per heavy atom. The second-order valence-corrected chi connectivity index (χ2v) is 2.16. The molecule has 0 saturated carbocycles. The molecule has 0 heterocycles. The molecule has 1 atom stereocenters. The Morgan fingerprint density at radius 1 is 1.50 bits per heavy atom. The van der Waals surface area contributed by atoms with E-state index in [0.717, 1.165) is 5.75 Å². The van der Waals surface area contributed by atoms with E-state index in [2.05, 4.69) is 6.07 Å². The van der Waals surface area contributed by atoms with Crippen LogP contribution < -0.4 is 23.6 Å². The van der Waals surface area contributed by atoms with Crippen LogP contribution in [0.3, 0.4) is 0 Å². The van der Waals surface area contributed by atoms with Crippen molar-refractivity contribution in [3.8, 4) is 5.75 Å². The number of benzene rings is 1. The molecule has 60 valence electrons. The third kappa shape index (κ3) is 3.82. The van der Waals surface area contributed by atoms with Crippen molar-refractivity contribution in [2.75, 3.05) is 7.11 Å². The van der Waals surface area contributed by atoms with Gasteiger partial charge in [-0.15, -0.1) is 12.1 Å². The maximum atomic E-state index is 5.31. The minimum Gasteiger partial charge on any atom is -0.526 e. The molecule has 0 aliphatic rings. The molecule has 0 spiro atoms. The van der Waals surface area contributed by atoms with Crippen LogP contribution in [0.4, 0.5) is 0 Å². The van der Waals surface area contributed by atoms with Crippen LogP contribution in [0.2, 0.25) is 0 Å². The van der Waals surface area contributed by atoms with E-state index in [0.29, 0.717) is 0 Å². The van der Waals surface area contributed by atoms with Gasteiger partial charge in [-0.25, -0.2) is 0 Å². The quantitative estimate of drug-likeness (QED) is 0.314. The molecule has 0 aromatic heterocycles. The largest absolute Gasteiger partial charge is 1.00 e. The second-order valence-electron chi connectivity index (χ2n) is 2.16. The number of rotatable bonds is 3. The van der Waals surface area contributed by atoms with Gasteiger partial charge in [0.15, 0.2) is 6.29 Å². The van der Waals surface area contributed by atoms with E-state index >= 15 is 0 Å². The van der Waals surface area contributed by atoms with Crippen LogP contribution >= 0.6 is 0 Å².